The van der Waals surface area contributed by atoms with Crippen LogP contribution in [0.4, 0.5) is 0 Å². The lowest BCUT2D eigenvalue weighted by Gasteiger charge is -2.01. The van der Waals surface area contributed by atoms with E-state index in [1.807, 2.05) is 31.1 Å². The Morgan fingerprint density at radius 2 is 2.16 bits per heavy atom. The quantitative estimate of drug-likeness (QED) is 0.839. The summed E-state index contributed by atoms with van der Waals surface area (Å²) in [5.41, 5.74) is 1.98. The Labute approximate surface area is 111 Å². The number of carboxylic acids is 1. The molecule has 0 spiro atoms. The van der Waals surface area contributed by atoms with Crippen LogP contribution < -0.4 is 0 Å². The van der Waals surface area contributed by atoms with Crippen LogP contribution in [-0.2, 0) is 0 Å². The van der Waals surface area contributed by atoms with Gasteiger partial charge in [-0.2, -0.15) is 0 Å². The van der Waals surface area contributed by atoms with Crippen molar-refractivity contribution in [3.05, 3.63) is 35.1 Å². The number of aromatic carboxylic acids is 1. The molecule has 0 unspecified atom stereocenters. The second-order valence-electron chi connectivity index (χ2n) is 4.58. The fraction of sp³-hybridized carbons (Fsp3) is 0.267. The summed E-state index contributed by atoms with van der Waals surface area (Å²) >= 11 is 0. The third-order valence-corrected chi connectivity index (χ3v) is 2.77. The van der Waals surface area contributed by atoms with E-state index < -0.39 is 5.97 Å². The van der Waals surface area contributed by atoms with Crippen LogP contribution in [0.15, 0.2) is 22.6 Å². The van der Waals surface area contributed by atoms with Gasteiger partial charge in [-0.1, -0.05) is 17.9 Å². The van der Waals surface area contributed by atoms with Gasteiger partial charge in [0.25, 0.3) is 0 Å². The number of nitrogens with zero attached hydrogens (tertiary/aromatic N) is 1. The third kappa shape index (κ3) is 2.61. The maximum atomic E-state index is 11.1. The lowest BCUT2D eigenvalue weighted by Crippen LogP contribution is -2.10. The topological polar surface area (TPSA) is 53.7 Å². The molecule has 1 heterocycles. The zero-order chi connectivity index (χ0) is 14.0. The van der Waals surface area contributed by atoms with Crippen molar-refractivity contribution in [3.63, 3.8) is 0 Å². The zero-order valence-electron chi connectivity index (χ0n) is 11.2. The highest BCUT2D eigenvalue weighted by Crippen LogP contribution is 2.27. The molecule has 0 amide bonds. The molecule has 1 aromatic heterocycles. The molecule has 0 bridgehead atoms. The average Bonchev–Trinajstić information content (AvgIpc) is 2.67. The molecule has 98 valence electrons. The molecule has 0 fully saturated rings. The van der Waals surface area contributed by atoms with Crippen molar-refractivity contribution in [2.24, 2.45) is 0 Å². The molecule has 0 aliphatic rings. The molecule has 4 heteroatoms. The van der Waals surface area contributed by atoms with Gasteiger partial charge in [-0.15, -0.1) is 0 Å². The first kappa shape index (κ1) is 13.2. The number of fused-ring (bicyclic) bond motifs is 1. The van der Waals surface area contributed by atoms with Crippen LogP contribution in [0, 0.1) is 18.8 Å². The van der Waals surface area contributed by atoms with Gasteiger partial charge in [0, 0.05) is 16.5 Å². The molecule has 0 saturated heterocycles. The summed E-state index contributed by atoms with van der Waals surface area (Å²) in [6.07, 6.45) is 0. The first-order valence-corrected chi connectivity index (χ1v) is 5.89. The number of carboxylic acid groups (broad SMARTS) is 1. The van der Waals surface area contributed by atoms with Crippen molar-refractivity contribution < 1.29 is 14.3 Å². The van der Waals surface area contributed by atoms with Gasteiger partial charge in [0.1, 0.15) is 5.58 Å². The van der Waals surface area contributed by atoms with E-state index in [2.05, 4.69) is 11.8 Å². The van der Waals surface area contributed by atoms with Crippen LogP contribution in [0.25, 0.3) is 11.0 Å². The Morgan fingerprint density at radius 3 is 2.79 bits per heavy atom. The molecular weight excluding hydrogens is 242 g/mol. The van der Waals surface area contributed by atoms with E-state index in [1.165, 1.54) is 0 Å². The van der Waals surface area contributed by atoms with Crippen LogP contribution in [0.3, 0.4) is 0 Å². The standard InChI is InChI=1S/C15H15NO3/c1-10-13-11(7-5-9-16(2)3)6-4-8-12(13)19-14(10)15(17)18/h4,6,8H,9H2,1-3H3,(H,17,18). The van der Waals surface area contributed by atoms with Crippen LogP contribution in [0.5, 0.6) is 0 Å². The number of rotatable bonds is 2. The smallest absolute Gasteiger partial charge is 0.372 e. The highest BCUT2D eigenvalue weighted by molar-refractivity contribution is 5.97. The highest BCUT2D eigenvalue weighted by atomic mass is 16.4. The Bertz CT molecular complexity index is 686. The van der Waals surface area contributed by atoms with Crippen molar-refractivity contribution in [2.45, 2.75) is 6.92 Å². The first-order chi connectivity index (χ1) is 9.00. The lowest BCUT2D eigenvalue weighted by molar-refractivity contribution is 0.0664. The van der Waals surface area contributed by atoms with Crippen LogP contribution in [0.2, 0.25) is 0 Å². The van der Waals surface area contributed by atoms with E-state index in [0.717, 1.165) is 10.9 Å². The fourth-order valence-corrected chi connectivity index (χ4v) is 1.90. The molecular formula is C15H15NO3. The van der Waals surface area contributed by atoms with Gasteiger partial charge in [0.15, 0.2) is 0 Å². The maximum Gasteiger partial charge on any atom is 0.372 e. The summed E-state index contributed by atoms with van der Waals surface area (Å²) in [6.45, 7) is 2.39. The molecule has 4 nitrogen and oxygen atoms in total. The minimum Gasteiger partial charge on any atom is -0.475 e. The van der Waals surface area contributed by atoms with E-state index >= 15 is 0 Å². The third-order valence-electron chi connectivity index (χ3n) is 2.77. The SMILES string of the molecule is Cc1c(C(=O)O)oc2cccc(C#CCN(C)C)c12. The Balaban J connectivity index is 2.55. The number of aryl methyl sites for hydroxylation is 1. The van der Waals surface area contributed by atoms with Gasteiger partial charge >= 0.3 is 5.97 Å². The zero-order valence-corrected chi connectivity index (χ0v) is 11.2. The van der Waals surface area contributed by atoms with Gasteiger partial charge in [-0.25, -0.2) is 4.79 Å². The van der Waals surface area contributed by atoms with Crippen molar-refractivity contribution in [1.82, 2.24) is 4.90 Å². The molecule has 2 rings (SSSR count). The predicted octanol–water partition coefficient (Wildman–Crippen LogP) is 2.35. The Hall–Kier alpha value is -2.25. The maximum absolute atomic E-state index is 11.1. The van der Waals surface area contributed by atoms with Crippen molar-refractivity contribution in [2.75, 3.05) is 20.6 Å². The minimum absolute atomic E-state index is 0.0168. The number of furan rings is 1. The van der Waals surface area contributed by atoms with Gasteiger partial charge in [0.2, 0.25) is 5.76 Å². The van der Waals surface area contributed by atoms with E-state index in [0.29, 0.717) is 17.7 Å². The van der Waals surface area contributed by atoms with Gasteiger partial charge in [-0.05, 0) is 33.2 Å². The second-order valence-corrected chi connectivity index (χ2v) is 4.58. The number of carbonyl (C=O) groups is 1. The fourth-order valence-electron chi connectivity index (χ4n) is 1.90. The van der Waals surface area contributed by atoms with Gasteiger partial charge in [0.05, 0.1) is 6.54 Å². The molecule has 2 aromatic rings. The summed E-state index contributed by atoms with van der Waals surface area (Å²) in [7, 11) is 3.89. The molecule has 0 radical (unpaired) electrons. The Kier molecular flexibility index (Phi) is 3.59. The summed E-state index contributed by atoms with van der Waals surface area (Å²) in [4.78, 5) is 13.0. The van der Waals surface area contributed by atoms with Crippen molar-refractivity contribution in [1.29, 1.82) is 0 Å². The monoisotopic (exact) mass is 257 g/mol. The molecule has 0 aliphatic heterocycles. The van der Waals surface area contributed by atoms with Crippen LogP contribution >= 0.6 is 0 Å². The highest BCUT2D eigenvalue weighted by Gasteiger charge is 2.17. The minimum atomic E-state index is -1.05. The van der Waals surface area contributed by atoms with E-state index in [4.69, 9.17) is 9.52 Å². The average molecular weight is 257 g/mol. The summed E-state index contributed by atoms with van der Waals surface area (Å²) in [5, 5.41) is 9.85. The second kappa shape index (κ2) is 5.17. The summed E-state index contributed by atoms with van der Waals surface area (Å²) in [6, 6.07) is 5.45. The van der Waals surface area contributed by atoms with E-state index in [9.17, 15) is 4.79 Å². The van der Waals surface area contributed by atoms with Gasteiger partial charge in [-0.3, -0.25) is 4.90 Å². The first-order valence-electron chi connectivity index (χ1n) is 5.89. The predicted molar refractivity (Wildman–Crippen MR) is 73.3 cm³/mol. The summed E-state index contributed by atoms with van der Waals surface area (Å²) in [5.74, 6) is 5.04. The molecule has 19 heavy (non-hydrogen) atoms. The van der Waals surface area contributed by atoms with Crippen LogP contribution in [0.1, 0.15) is 21.7 Å². The molecule has 0 aliphatic carbocycles. The normalized spacial score (nSPS) is 10.5. The molecule has 1 aromatic carbocycles. The summed E-state index contributed by atoms with van der Waals surface area (Å²) < 4.78 is 5.35. The van der Waals surface area contributed by atoms with Crippen molar-refractivity contribution in [3.8, 4) is 11.8 Å². The molecule has 0 saturated carbocycles. The molecule has 0 atom stereocenters. The van der Waals surface area contributed by atoms with Crippen LogP contribution in [-0.4, -0.2) is 36.6 Å². The number of benzene rings is 1. The number of hydrogen-bond acceptors (Lipinski definition) is 3. The van der Waals surface area contributed by atoms with E-state index in [-0.39, 0.29) is 5.76 Å². The number of hydrogen-bond donors (Lipinski definition) is 1. The Morgan fingerprint density at radius 1 is 1.42 bits per heavy atom. The van der Waals surface area contributed by atoms with Gasteiger partial charge < -0.3 is 9.52 Å². The lowest BCUT2D eigenvalue weighted by atomic mass is 10.1. The largest absolute Gasteiger partial charge is 0.475 e. The van der Waals surface area contributed by atoms with E-state index in [1.54, 1.807) is 13.0 Å². The molecule has 1 N–H and O–H groups in total. The van der Waals surface area contributed by atoms with Crippen molar-refractivity contribution >= 4 is 16.9 Å².